The summed E-state index contributed by atoms with van der Waals surface area (Å²) in [5.74, 6) is -1.32. The molecule has 0 aromatic heterocycles. The summed E-state index contributed by atoms with van der Waals surface area (Å²) in [6.07, 6.45) is 4.44. The third-order valence-corrected chi connectivity index (χ3v) is 3.14. The molecule has 0 radical (unpaired) electrons. The molecule has 19 heavy (non-hydrogen) atoms. The number of rotatable bonds is 7. The van der Waals surface area contributed by atoms with Gasteiger partial charge in [0, 0.05) is 18.2 Å². The van der Waals surface area contributed by atoms with Crippen LogP contribution in [0.3, 0.4) is 0 Å². The van der Waals surface area contributed by atoms with Crippen molar-refractivity contribution in [1.29, 1.82) is 5.26 Å². The second-order valence-corrected chi connectivity index (χ2v) is 4.81. The Morgan fingerprint density at radius 3 is 2.42 bits per heavy atom. The number of unbranched alkanes of at least 4 members (excludes halogenated alkanes) is 2. The topological polar surface area (TPSA) is 35.8 Å². The fraction of sp³-hybridized carbons (Fsp3) is 0.533. The second-order valence-electron chi connectivity index (χ2n) is 4.81. The third-order valence-electron chi connectivity index (χ3n) is 3.14. The van der Waals surface area contributed by atoms with Gasteiger partial charge in [-0.1, -0.05) is 26.2 Å². The smallest absolute Gasteiger partial charge is 0.131 e. The average molecular weight is 266 g/mol. The molecule has 0 saturated heterocycles. The molecule has 1 unspecified atom stereocenters. The summed E-state index contributed by atoms with van der Waals surface area (Å²) < 4.78 is 27.2. The molecule has 0 heterocycles. The van der Waals surface area contributed by atoms with Crippen molar-refractivity contribution >= 4 is 0 Å². The number of nitrogens with zero attached hydrogens (tertiary/aromatic N) is 1. The number of hydrogen-bond donors (Lipinski definition) is 1. The van der Waals surface area contributed by atoms with E-state index in [1.807, 2.05) is 6.92 Å². The average Bonchev–Trinajstić information content (AvgIpc) is 2.37. The first-order valence-corrected chi connectivity index (χ1v) is 6.69. The van der Waals surface area contributed by atoms with Crippen molar-refractivity contribution in [2.24, 2.45) is 0 Å². The van der Waals surface area contributed by atoms with E-state index in [9.17, 15) is 8.78 Å². The van der Waals surface area contributed by atoms with Crippen molar-refractivity contribution in [3.8, 4) is 6.07 Å². The molecule has 0 aliphatic carbocycles. The lowest BCUT2D eigenvalue weighted by atomic mass is 10.1. The Bertz CT molecular complexity index is 429. The summed E-state index contributed by atoms with van der Waals surface area (Å²) in [4.78, 5) is 0. The minimum Gasteiger partial charge on any atom is -0.310 e. The standard InChI is InChI=1S/C15H20F2N2/c1-3-4-5-6-11(2)19-10-13-14(16)7-12(9-18)8-15(13)17/h7-8,11,19H,3-6,10H2,1-2H3. The summed E-state index contributed by atoms with van der Waals surface area (Å²) >= 11 is 0. The van der Waals surface area contributed by atoms with E-state index in [0.717, 1.165) is 31.4 Å². The molecule has 0 aliphatic rings. The van der Waals surface area contributed by atoms with Crippen LogP contribution in [-0.4, -0.2) is 6.04 Å². The van der Waals surface area contributed by atoms with Crippen LogP contribution < -0.4 is 5.32 Å². The Balaban J connectivity index is 2.56. The fourth-order valence-corrected chi connectivity index (χ4v) is 1.92. The van der Waals surface area contributed by atoms with Crippen LogP contribution in [0.1, 0.15) is 50.7 Å². The predicted octanol–water partition coefficient (Wildman–Crippen LogP) is 3.89. The SMILES string of the molecule is CCCCCC(C)NCc1c(F)cc(C#N)cc1F. The number of halogens is 2. The fourth-order valence-electron chi connectivity index (χ4n) is 1.92. The molecule has 1 N–H and O–H groups in total. The minimum absolute atomic E-state index is 0.00124. The van der Waals surface area contributed by atoms with Crippen LogP contribution in [0.15, 0.2) is 12.1 Å². The normalized spacial score (nSPS) is 12.2. The molecule has 1 aromatic rings. The van der Waals surface area contributed by atoms with Crippen molar-refractivity contribution in [3.63, 3.8) is 0 Å². The van der Waals surface area contributed by atoms with E-state index in [4.69, 9.17) is 5.26 Å². The molecule has 104 valence electrons. The van der Waals surface area contributed by atoms with E-state index in [-0.39, 0.29) is 23.7 Å². The van der Waals surface area contributed by atoms with Crippen molar-refractivity contribution in [2.75, 3.05) is 0 Å². The van der Waals surface area contributed by atoms with Crippen molar-refractivity contribution < 1.29 is 8.78 Å². The highest BCUT2D eigenvalue weighted by molar-refractivity contribution is 5.34. The maximum Gasteiger partial charge on any atom is 0.131 e. The Labute approximate surface area is 113 Å². The largest absolute Gasteiger partial charge is 0.310 e. The summed E-state index contributed by atoms with van der Waals surface area (Å²) in [6.45, 7) is 4.30. The van der Waals surface area contributed by atoms with E-state index in [0.29, 0.717) is 0 Å². The lowest BCUT2D eigenvalue weighted by Gasteiger charge is -2.14. The van der Waals surface area contributed by atoms with Crippen LogP contribution in [0.25, 0.3) is 0 Å². The molecule has 2 nitrogen and oxygen atoms in total. The summed E-state index contributed by atoms with van der Waals surface area (Å²) in [5.41, 5.74) is 0.0103. The highest BCUT2D eigenvalue weighted by Gasteiger charge is 2.12. The quantitative estimate of drug-likeness (QED) is 0.760. The maximum absolute atomic E-state index is 13.6. The molecule has 0 saturated carbocycles. The number of hydrogen-bond acceptors (Lipinski definition) is 2. The Kier molecular flexibility index (Phi) is 6.44. The van der Waals surface area contributed by atoms with E-state index in [2.05, 4.69) is 12.2 Å². The Hall–Kier alpha value is -1.47. The van der Waals surface area contributed by atoms with Crippen molar-refractivity contribution in [3.05, 3.63) is 34.9 Å². The van der Waals surface area contributed by atoms with Gasteiger partial charge < -0.3 is 5.32 Å². The molecule has 4 heteroatoms. The van der Waals surface area contributed by atoms with Crippen LogP contribution in [0.5, 0.6) is 0 Å². The van der Waals surface area contributed by atoms with Gasteiger partial charge in [0.15, 0.2) is 0 Å². The van der Waals surface area contributed by atoms with E-state index < -0.39 is 11.6 Å². The van der Waals surface area contributed by atoms with Gasteiger partial charge in [-0.3, -0.25) is 0 Å². The summed E-state index contributed by atoms with van der Waals surface area (Å²) in [5, 5.41) is 11.7. The van der Waals surface area contributed by atoms with Crippen molar-refractivity contribution in [2.45, 2.75) is 52.1 Å². The first-order chi connectivity index (χ1) is 9.08. The van der Waals surface area contributed by atoms with Gasteiger partial charge in [-0.2, -0.15) is 5.26 Å². The van der Waals surface area contributed by atoms with Gasteiger partial charge in [0.25, 0.3) is 0 Å². The van der Waals surface area contributed by atoms with Gasteiger partial charge in [0.2, 0.25) is 0 Å². The molecule has 1 rings (SSSR count). The van der Waals surface area contributed by atoms with Gasteiger partial charge in [-0.15, -0.1) is 0 Å². The van der Waals surface area contributed by atoms with Gasteiger partial charge in [-0.05, 0) is 25.5 Å². The molecule has 1 atom stereocenters. The highest BCUT2D eigenvalue weighted by Crippen LogP contribution is 2.15. The monoisotopic (exact) mass is 266 g/mol. The lowest BCUT2D eigenvalue weighted by molar-refractivity contribution is 0.466. The van der Waals surface area contributed by atoms with E-state index in [1.54, 1.807) is 6.07 Å². The van der Waals surface area contributed by atoms with Crippen LogP contribution in [0.4, 0.5) is 8.78 Å². The minimum atomic E-state index is -0.662. The zero-order chi connectivity index (χ0) is 14.3. The number of nitriles is 1. The van der Waals surface area contributed by atoms with Gasteiger partial charge in [-0.25, -0.2) is 8.78 Å². The zero-order valence-corrected chi connectivity index (χ0v) is 11.5. The van der Waals surface area contributed by atoms with Crippen LogP contribution >= 0.6 is 0 Å². The molecule has 0 aliphatic heterocycles. The first kappa shape index (κ1) is 15.6. The summed E-state index contributed by atoms with van der Waals surface area (Å²) in [6, 6.07) is 4.10. The van der Waals surface area contributed by atoms with E-state index in [1.165, 1.54) is 6.42 Å². The molecule has 0 fully saturated rings. The maximum atomic E-state index is 13.6. The molecule has 0 spiro atoms. The zero-order valence-electron chi connectivity index (χ0n) is 11.5. The molecular weight excluding hydrogens is 246 g/mol. The highest BCUT2D eigenvalue weighted by atomic mass is 19.1. The summed E-state index contributed by atoms with van der Waals surface area (Å²) in [7, 11) is 0. The predicted molar refractivity (Wildman–Crippen MR) is 71.5 cm³/mol. The number of benzene rings is 1. The van der Waals surface area contributed by atoms with Gasteiger partial charge >= 0.3 is 0 Å². The van der Waals surface area contributed by atoms with Crippen molar-refractivity contribution in [1.82, 2.24) is 5.32 Å². The third kappa shape index (κ3) is 4.96. The lowest BCUT2D eigenvalue weighted by Crippen LogP contribution is -2.26. The van der Waals surface area contributed by atoms with Gasteiger partial charge in [0.1, 0.15) is 11.6 Å². The second kappa shape index (κ2) is 7.85. The Morgan fingerprint density at radius 2 is 1.89 bits per heavy atom. The van der Waals surface area contributed by atoms with Crippen LogP contribution in [0, 0.1) is 23.0 Å². The van der Waals surface area contributed by atoms with Gasteiger partial charge in [0.05, 0.1) is 11.6 Å². The Morgan fingerprint density at radius 1 is 1.26 bits per heavy atom. The molecule has 0 amide bonds. The van der Waals surface area contributed by atoms with Crippen LogP contribution in [-0.2, 0) is 6.54 Å². The van der Waals surface area contributed by atoms with E-state index >= 15 is 0 Å². The first-order valence-electron chi connectivity index (χ1n) is 6.69. The molecular formula is C15H20F2N2. The molecule has 1 aromatic carbocycles. The number of nitrogens with one attached hydrogen (secondary N) is 1. The molecule has 0 bridgehead atoms. The van der Waals surface area contributed by atoms with Crippen LogP contribution in [0.2, 0.25) is 0 Å².